The number of hydrogen-bond donors (Lipinski definition) is 1. The summed E-state index contributed by atoms with van der Waals surface area (Å²) in [4.78, 5) is 11.4. The van der Waals surface area contributed by atoms with Crippen molar-refractivity contribution in [3.63, 3.8) is 0 Å². The normalized spacial score (nSPS) is 13.3. The van der Waals surface area contributed by atoms with Gasteiger partial charge in [-0.2, -0.15) is 0 Å². The first-order valence-electron chi connectivity index (χ1n) is 5.92. The van der Waals surface area contributed by atoms with Crippen molar-refractivity contribution in [1.29, 1.82) is 0 Å². The molecule has 0 spiro atoms. The maximum atomic E-state index is 11.4. The molecule has 0 aliphatic carbocycles. The van der Waals surface area contributed by atoms with Gasteiger partial charge in [0.2, 0.25) is 0 Å². The summed E-state index contributed by atoms with van der Waals surface area (Å²) in [6, 6.07) is 15.0. The summed E-state index contributed by atoms with van der Waals surface area (Å²) < 4.78 is 10.9. The smallest absolute Gasteiger partial charge is 0.390 e. The average molecular weight is 293 g/mol. The molecule has 0 saturated heterocycles. The quantitative estimate of drug-likeness (QED) is 0.856. The first-order chi connectivity index (χ1) is 9.49. The number of ether oxygens (including phenoxy) is 2. The summed E-state index contributed by atoms with van der Waals surface area (Å²) in [6.07, 6.45) is 0. The fourth-order valence-corrected chi connectivity index (χ4v) is 1.68. The molecule has 0 radical (unpaired) electrons. The molecule has 20 heavy (non-hydrogen) atoms. The molecule has 1 atom stereocenters. The van der Waals surface area contributed by atoms with Crippen LogP contribution in [-0.2, 0) is 4.79 Å². The van der Waals surface area contributed by atoms with Crippen molar-refractivity contribution in [2.45, 2.75) is 12.7 Å². The molecular weight excluding hydrogens is 280 g/mol. The van der Waals surface area contributed by atoms with Crippen LogP contribution in [0.1, 0.15) is 6.92 Å². The zero-order chi connectivity index (χ0) is 14.6. The average Bonchev–Trinajstić information content (AvgIpc) is 2.42. The zero-order valence-electron chi connectivity index (χ0n) is 10.7. The van der Waals surface area contributed by atoms with Gasteiger partial charge in [0, 0.05) is 11.9 Å². The van der Waals surface area contributed by atoms with Crippen LogP contribution in [-0.4, -0.2) is 16.9 Å². The minimum Gasteiger partial charge on any atom is -0.475 e. The third-order valence-corrected chi connectivity index (χ3v) is 2.82. The van der Waals surface area contributed by atoms with Gasteiger partial charge in [0.15, 0.2) is 0 Å². The van der Waals surface area contributed by atoms with Crippen LogP contribution in [0.25, 0.3) is 0 Å². The van der Waals surface area contributed by atoms with Crippen LogP contribution in [0.4, 0.5) is 0 Å². The van der Waals surface area contributed by atoms with Crippen LogP contribution < -0.4 is 9.47 Å². The number of hydrogen-bond acceptors (Lipinski definition) is 3. The van der Waals surface area contributed by atoms with Gasteiger partial charge in [-0.25, -0.2) is 4.79 Å². The van der Waals surface area contributed by atoms with E-state index >= 15 is 0 Å². The molecule has 104 valence electrons. The SMILES string of the molecule is CC(Oc1ccccc1)(Oc1ccc(Cl)cc1)C(=O)O. The molecule has 4 nitrogen and oxygen atoms in total. The lowest BCUT2D eigenvalue weighted by molar-refractivity contribution is -0.181. The number of rotatable bonds is 5. The second-order valence-corrected chi connectivity index (χ2v) is 4.66. The van der Waals surface area contributed by atoms with Gasteiger partial charge in [-0.15, -0.1) is 0 Å². The van der Waals surface area contributed by atoms with Crippen LogP contribution in [0.2, 0.25) is 5.02 Å². The van der Waals surface area contributed by atoms with Crippen LogP contribution in [0.5, 0.6) is 11.5 Å². The first-order valence-corrected chi connectivity index (χ1v) is 6.29. The van der Waals surface area contributed by atoms with Crippen molar-refractivity contribution in [2.24, 2.45) is 0 Å². The Balaban J connectivity index is 2.21. The fourth-order valence-electron chi connectivity index (χ4n) is 1.55. The van der Waals surface area contributed by atoms with Crippen molar-refractivity contribution in [3.05, 3.63) is 59.6 Å². The predicted molar refractivity (Wildman–Crippen MR) is 75.2 cm³/mol. The Kier molecular flexibility index (Phi) is 4.15. The minimum atomic E-state index is -1.82. The highest BCUT2D eigenvalue weighted by atomic mass is 35.5. The number of halogens is 1. The Bertz CT molecular complexity index is 583. The van der Waals surface area contributed by atoms with Gasteiger partial charge in [-0.1, -0.05) is 29.8 Å². The molecule has 0 fully saturated rings. The molecule has 5 heteroatoms. The van der Waals surface area contributed by atoms with E-state index in [1.165, 1.54) is 6.92 Å². The summed E-state index contributed by atoms with van der Waals surface area (Å²) in [6.45, 7) is 1.34. The Labute approximate surface area is 121 Å². The van der Waals surface area contributed by atoms with E-state index in [-0.39, 0.29) is 0 Å². The van der Waals surface area contributed by atoms with E-state index in [9.17, 15) is 9.90 Å². The standard InChI is InChI=1S/C15H13ClO4/c1-15(14(17)18,19-12-5-3-2-4-6-12)20-13-9-7-11(16)8-10-13/h2-10H,1H3,(H,17,18). The molecule has 0 aliphatic heterocycles. The summed E-state index contributed by atoms with van der Waals surface area (Å²) in [5.41, 5.74) is 0. The molecule has 1 N–H and O–H groups in total. The van der Waals surface area contributed by atoms with Crippen LogP contribution in [0, 0.1) is 0 Å². The van der Waals surface area contributed by atoms with Crippen LogP contribution >= 0.6 is 11.6 Å². The molecular formula is C15H13ClO4. The van der Waals surface area contributed by atoms with Gasteiger partial charge in [0.1, 0.15) is 11.5 Å². The molecule has 0 amide bonds. The summed E-state index contributed by atoms with van der Waals surface area (Å²) in [7, 11) is 0. The largest absolute Gasteiger partial charge is 0.475 e. The number of aliphatic carboxylic acids is 1. The Morgan fingerprint density at radius 3 is 2.00 bits per heavy atom. The third kappa shape index (κ3) is 3.42. The summed E-state index contributed by atoms with van der Waals surface area (Å²) >= 11 is 5.77. The zero-order valence-corrected chi connectivity index (χ0v) is 11.5. The van der Waals surface area contributed by atoms with E-state index < -0.39 is 11.8 Å². The highest BCUT2D eigenvalue weighted by molar-refractivity contribution is 6.30. The van der Waals surface area contributed by atoms with E-state index in [0.717, 1.165) is 0 Å². The maximum Gasteiger partial charge on any atom is 0.390 e. The number of para-hydroxylation sites is 1. The molecule has 2 aromatic rings. The summed E-state index contributed by atoms with van der Waals surface area (Å²) in [5, 5.41) is 9.87. The molecule has 0 saturated carbocycles. The van der Waals surface area contributed by atoms with Crippen LogP contribution in [0.3, 0.4) is 0 Å². The number of benzene rings is 2. The Hall–Kier alpha value is -2.20. The van der Waals surface area contributed by atoms with Gasteiger partial charge < -0.3 is 14.6 Å². The van der Waals surface area contributed by atoms with Crippen molar-refractivity contribution in [1.82, 2.24) is 0 Å². The molecule has 1 unspecified atom stereocenters. The second-order valence-electron chi connectivity index (χ2n) is 4.22. The maximum absolute atomic E-state index is 11.4. The molecule has 0 heterocycles. The van der Waals surface area contributed by atoms with E-state index in [4.69, 9.17) is 21.1 Å². The monoisotopic (exact) mass is 292 g/mol. The van der Waals surface area contributed by atoms with E-state index in [2.05, 4.69) is 0 Å². The second kappa shape index (κ2) is 5.84. The van der Waals surface area contributed by atoms with Crippen molar-refractivity contribution in [2.75, 3.05) is 0 Å². The minimum absolute atomic E-state index is 0.357. The Morgan fingerprint density at radius 2 is 1.50 bits per heavy atom. The Morgan fingerprint density at radius 1 is 1.00 bits per heavy atom. The predicted octanol–water partition coefficient (Wildman–Crippen LogP) is 3.60. The lowest BCUT2D eigenvalue weighted by Crippen LogP contribution is -2.47. The van der Waals surface area contributed by atoms with Gasteiger partial charge >= 0.3 is 11.8 Å². The topological polar surface area (TPSA) is 55.8 Å². The first kappa shape index (κ1) is 14.2. The van der Waals surface area contributed by atoms with Gasteiger partial charge in [0.25, 0.3) is 0 Å². The number of carboxylic acid groups (broad SMARTS) is 1. The lowest BCUT2D eigenvalue weighted by Gasteiger charge is -2.27. The molecule has 2 rings (SSSR count). The van der Waals surface area contributed by atoms with E-state index in [0.29, 0.717) is 16.5 Å². The van der Waals surface area contributed by atoms with Gasteiger partial charge in [0.05, 0.1) is 0 Å². The van der Waals surface area contributed by atoms with E-state index in [1.54, 1.807) is 48.5 Å². The van der Waals surface area contributed by atoms with Gasteiger partial charge in [-0.3, -0.25) is 0 Å². The van der Waals surface area contributed by atoms with Crippen molar-refractivity contribution >= 4 is 17.6 Å². The van der Waals surface area contributed by atoms with Crippen molar-refractivity contribution < 1.29 is 19.4 Å². The molecule has 0 aromatic heterocycles. The number of carboxylic acids is 1. The molecule has 0 aliphatic rings. The summed E-state index contributed by atoms with van der Waals surface area (Å²) in [5.74, 6) is -2.28. The fraction of sp³-hybridized carbons (Fsp3) is 0.133. The number of carbonyl (C=O) groups is 1. The lowest BCUT2D eigenvalue weighted by atomic mass is 10.3. The van der Waals surface area contributed by atoms with Gasteiger partial charge in [-0.05, 0) is 36.4 Å². The highest BCUT2D eigenvalue weighted by Gasteiger charge is 2.38. The highest BCUT2D eigenvalue weighted by Crippen LogP contribution is 2.24. The van der Waals surface area contributed by atoms with Crippen molar-refractivity contribution in [3.8, 4) is 11.5 Å². The van der Waals surface area contributed by atoms with Crippen LogP contribution in [0.15, 0.2) is 54.6 Å². The van der Waals surface area contributed by atoms with E-state index in [1.807, 2.05) is 6.07 Å². The molecule has 2 aromatic carbocycles. The third-order valence-electron chi connectivity index (χ3n) is 2.57. The molecule has 0 bridgehead atoms.